The Labute approximate surface area is 172 Å². The molecule has 0 saturated carbocycles. The normalized spacial score (nSPS) is 12.3. The molecule has 0 unspecified atom stereocenters. The van der Waals surface area contributed by atoms with Crippen LogP contribution in [0, 0.1) is 11.3 Å². The first kappa shape index (κ1) is 22.7. The second-order valence-corrected chi connectivity index (χ2v) is 6.83. The number of likely N-dealkylation sites (N-methyl/N-ethyl adjacent to an activating group) is 1. The molecule has 8 heteroatoms. The summed E-state index contributed by atoms with van der Waals surface area (Å²) in [7, 11) is 0. The van der Waals surface area contributed by atoms with E-state index in [0.29, 0.717) is 18.8 Å². The minimum Gasteiger partial charge on any atom is -0.362 e. The fourth-order valence-corrected chi connectivity index (χ4v) is 3.28. The fourth-order valence-electron chi connectivity index (χ4n) is 3.07. The number of nitrogens with zero attached hydrogens (tertiary/aromatic N) is 2. The molecule has 0 saturated heterocycles. The SMILES string of the molecule is CCNC[C@H](CC=O)N(Cc1ccccc1C(F)(F)F)c1ccc(C#N)c(Cl)c1. The van der Waals surface area contributed by atoms with Crippen LogP contribution in [0.1, 0.15) is 30.0 Å². The van der Waals surface area contributed by atoms with Gasteiger partial charge in [0.15, 0.2) is 0 Å². The molecule has 0 aromatic heterocycles. The molecule has 0 spiro atoms. The van der Waals surface area contributed by atoms with Gasteiger partial charge in [-0.1, -0.05) is 36.7 Å². The number of nitriles is 1. The molecule has 1 atom stereocenters. The van der Waals surface area contributed by atoms with Crippen molar-refractivity contribution >= 4 is 23.6 Å². The van der Waals surface area contributed by atoms with Crippen LogP contribution in [0.25, 0.3) is 0 Å². The topological polar surface area (TPSA) is 56.1 Å². The van der Waals surface area contributed by atoms with Crippen LogP contribution < -0.4 is 10.2 Å². The molecule has 0 heterocycles. The number of alkyl halides is 3. The maximum Gasteiger partial charge on any atom is 0.416 e. The molecule has 0 aliphatic rings. The second kappa shape index (κ2) is 10.3. The van der Waals surface area contributed by atoms with Crippen molar-refractivity contribution < 1.29 is 18.0 Å². The average Bonchev–Trinajstić information content (AvgIpc) is 2.69. The lowest BCUT2D eigenvalue weighted by Gasteiger charge is -2.34. The number of hydrogen-bond donors (Lipinski definition) is 1. The highest BCUT2D eigenvalue weighted by Gasteiger charge is 2.34. The van der Waals surface area contributed by atoms with Crippen molar-refractivity contribution in [1.82, 2.24) is 5.32 Å². The Balaban J connectivity index is 2.51. The number of halogens is 4. The number of anilines is 1. The highest BCUT2D eigenvalue weighted by atomic mass is 35.5. The van der Waals surface area contributed by atoms with Gasteiger partial charge < -0.3 is 15.0 Å². The quantitative estimate of drug-likeness (QED) is 0.588. The Kier molecular flexibility index (Phi) is 8.06. The van der Waals surface area contributed by atoms with E-state index in [1.165, 1.54) is 18.2 Å². The maximum atomic E-state index is 13.5. The van der Waals surface area contributed by atoms with Crippen LogP contribution in [-0.2, 0) is 17.5 Å². The van der Waals surface area contributed by atoms with E-state index in [0.717, 1.165) is 12.4 Å². The Morgan fingerprint density at radius 3 is 2.59 bits per heavy atom. The van der Waals surface area contributed by atoms with E-state index in [9.17, 15) is 18.0 Å². The second-order valence-electron chi connectivity index (χ2n) is 6.42. The first-order valence-electron chi connectivity index (χ1n) is 9.07. The summed E-state index contributed by atoms with van der Waals surface area (Å²) in [6.45, 7) is 2.89. The molecule has 0 aliphatic heterocycles. The predicted molar refractivity (Wildman–Crippen MR) is 107 cm³/mol. The summed E-state index contributed by atoms with van der Waals surface area (Å²) in [6.07, 6.45) is -3.62. The molecule has 29 heavy (non-hydrogen) atoms. The molecule has 154 valence electrons. The molecule has 2 aromatic rings. The number of nitrogens with one attached hydrogen (secondary N) is 1. The summed E-state index contributed by atoms with van der Waals surface area (Å²) in [6, 6.07) is 11.6. The van der Waals surface area contributed by atoms with E-state index in [4.69, 9.17) is 16.9 Å². The molecule has 0 radical (unpaired) electrons. The highest BCUT2D eigenvalue weighted by Crippen LogP contribution is 2.34. The minimum atomic E-state index is -4.49. The highest BCUT2D eigenvalue weighted by molar-refractivity contribution is 6.32. The zero-order valence-electron chi connectivity index (χ0n) is 15.8. The lowest BCUT2D eigenvalue weighted by Crippen LogP contribution is -2.43. The Morgan fingerprint density at radius 2 is 2.00 bits per heavy atom. The van der Waals surface area contributed by atoms with E-state index in [1.54, 1.807) is 23.1 Å². The Morgan fingerprint density at radius 1 is 1.28 bits per heavy atom. The zero-order valence-corrected chi connectivity index (χ0v) is 16.6. The Bertz CT molecular complexity index is 880. The summed E-state index contributed by atoms with van der Waals surface area (Å²) in [5, 5.41) is 12.4. The van der Waals surface area contributed by atoms with Crippen LogP contribution >= 0.6 is 11.6 Å². The van der Waals surface area contributed by atoms with Crippen LogP contribution in [0.15, 0.2) is 42.5 Å². The van der Waals surface area contributed by atoms with Gasteiger partial charge in [0.25, 0.3) is 0 Å². The lowest BCUT2D eigenvalue weighted by molar-refractivity contribution is -0.138. The van der Waals surface area contributed by atoms with Crippen molar-refractivity contribution in [3.05, 3.63) is 64.2 Å². The van der Waals surface area contributed by atoms with E-state index < -0.39 is 17.8 Å². The van der Waals surface area contributed by atoms with Crippen molar-refractivity contribution in [2.24, 2.45) is 0 Å². The van der Waals surface area contributed by atoms with Gasteiger partial charge >= 0.3 is 6.18 Å². The van der Waals surface area contributed by atoms with Gasteiger partial charge in [0.05, 0.1) is 16.1 Å². The van der Waals surface area contributed by atoms with Gasteiger partial charge in [-0.15, -0.1) is 0 Å². The van der Waals surface area contributed by atoms with Gasteiger partial charge in [0.2, 0.25) is 0 Å². The monoisotopic (exact) mass is 423 g/mol. The Hall–Kier alpha value is -2.56. The van der Waals surface area contributed by atoms with Crippen LogP contribution in [0.5, 0.6) is 0 Å². The molecule has 0 fully saturated rings. The molecular formula is C21H21ClF3N3O. The van der Waals surface area contributed by atoms with Gasteiger partial charge in [0.1, 0.15) is 12.4 Å². The van der Waals surface area contributed by atoms with Crippen molar-refractivity contribution in [3.8, 4) is 6.07 Å². The summed E-state index contributed by atoms with van der Waals surface area (Å²) < 4.78 is 40.4. The fraction of sp³-hybridized carbons (Fsp3) is 0.333. The molecule has 0 amide bonds. The van der Waals surface area contributed by atoms with E-state index in [2.05, 4.69) is 5.32 Å². The number of hydrogen-bond acceptors (Lipinski definition) is 4. The third-order valence-corrected chi connectivity index (χ3v) is 4.82. The minimum absolute atomic E-state index is 0.0676. The van der Waals surface area contributed by atoms with E-state index in [1.807, 2.05) is 13.0 Å². The third-order valence-electron chi connectivity index (χ3n) is 4.51. The summed E-state index contributed by atoms with van der Waals surface area (Å²) >= 11 is 6.15. The van der Waals surface area contributed by atoms with Crippen LogP contribution in [0.2, 0.25) is 5.02 Å². The first-order valence-corrected chi connectivity index (χ1v) is 9.45. The van der Waals surface area contributed by atoms with Crippen molar-refractivity contribution in [1.29, 1.82) is 5.26 Å². The third kappa shape index (κ3) is 5.96. The molecular weight excluding hydrogens is 403 g/mol. The summed E-state index contributed by atoms with van der Waals surface area (Å²) in [5.74, 6) is 0. The zero-order chi connectivity index (χ0) is 21.4. The van der Waals surface area contributed by atoms with Crippen molar-refractivity contribution in [2.45, 2.75) is 32.1 Å². The lowest BCUT2D eigenvalue weighted by atomic mass is 10.0. The van der Waals surface area contributed by atoms with Gasteiger partial charge in [-0.05, 0) is 36.4 Å². The van der Waals surface area contributed by atoms with Gasteiger partial charge in [-0.3, -0.25) is 0 Å². The van der Waals surface area contributed by atoms with Crippen LogP contribution in [-0.4, -0.2) is 25.4 Å². The molecule has 2 rings (SSSR count). The maximum absolute atomic E-state index is 13.5. The largest absolute Gasteiger partial charge is 0.416 e. The van der Waals surface area contributed by atoms with Gasteiger partial charge in [-0.25, -0.2) is 0 Å². The summed E-state index contributed by atoms with van der Waals surface area (Å²) in [4.78, 5) is 13.0. The van der Waals surface area contributed by atoms with Crippen molar-refractivity contribution in [3.63, 3.8) is 0 Å². The first-order chi connectivity index (χ1) is 13.8. The van der Waals surface area contributed by atoms with Crippen LogP contribution in [0.3, 0.4) is 0 Å². The number of aldehydes is 1. The van der Waals surface area contributed by atoms with Gasteiger partial charge in [0, 0.05) is 31.2 Å². The van der Waals surface area contributed by atoms with Gasteiger partial charge in [-0.2, -0.15) is 18.4 Å². The molecule has 0 aliphatic carbocycles. The number of carbonyl (C=O) groups is 1. The predicted octanol–water partition coefficient (Wildman–Crippen LogP) is 4.80. The smallest absolute Gasteiger partial charge is 0.362 e. The number of carbonyl (C=O) groups excluding carboxylic acids is 1. The molecule has 1 N–H and O–H groups in total. The molecule has 4 nitrogen and oxygen atoms in total. The standard InChI is InChI=1S/C21H21ClF3N3O/c1-2-27-13-18(9-10-29)28(17-8-7-15(12-26)20(22)11-17)14-16-5-3-4-6-19(16)21(23,24)25/h3-8,10-11,18,27H,2,9,13-14H2,1H3/t18-/m0/s1. The molecule has 0 bridgehead atoms. The van der Waals surface area contributed by atoms with Crippen molar-refractivity contribution in [2.75, 3.05) is 18.0 Å². The van der Waals surface area contributed by atoms with E-state index in [-0.39, 0.29) is 29.1 Å². The summed E-state index contributed by atoms with van der Waals surface area (Å²) in [5.41, 5.74) is 0.173. The number of benzene rings is 2. The molecule has 2 aromatic carbocycles. The van der Waals surface area contributed by atoms with Crippen LogP contribution in [0.4, 0.5) is 18.9 Å². The van der Waals surface area contributed by atoms with E-state index >= 15 is 0 Å². The average molecular weight is 424 g/mol. The number of rotatable bonds is 9.